The standard InChI is InChI=1S/C21H22N2O5S/c1-2-27-18-11-5-3-8-15(18)14-28-21(24)17-10-7-13-23(17)20-16-9-4-6-12-19(16)29(25,26)22-20/h3-6,8-9,11-12,17H,2,7,10,13-14H2,1H3/t17-/m0/s1. The molecule has 29 heavy (non-hydrogen) atoms. The van der Waals surface area contributed by atoms with Gasteiger partial charge in [-0.05, 0) is 38.0 Å². The van der Waals surface area contributed by atoms with Crippen LogP contribution in [0, 0.1) is 0 Å². The second kappa shape index (κ2) is 7.87. The summed E-state index contributed by atoms with van der Waals surface area (Å²) in [6, 6.07) is 13.6. The number of likely N-dealkylation sites (tertiary alicyclic amines) is 1. The van der Waals surface area contributed by atoms with Crippen LogP contribution in [-0.4, -0.2) is 44.3 Å². The van der Waals surface area contributed by atoms with E-state index in [1.807, 2.05) is 31.2 Å². The Kier molecular flexibility index (Phi) is 5.27. The first-order valence-electron chi connectivity index (χ1n) is 9.59. The fourth-order valence-electron chi connectivity index (χ4n) is 3.73. The first-order chi connectivity index (χ1) is 14.0. The van der Waals surface area contributed by atoms with Crippen molar-refractivity contribution < 1.29 is 22.7 Å². The van der Waals surface area contributed by atoms with E-state index >= 15 is 0 Å². The summed E-state index contributed by atoms with van der Waals surface area (Å²) in [6.45, 7) is 3.07. The highest BCUT2D eigenvalue weighted by atomic mass is 32.2. The van der Waals surface area contributed by atoms with Gasteiger partial charge in [0.15, 0.2) is 5.84 Å². The van der Waals surface area contributed by atoms with Gasteiger partial charge < -0.3 is 14.4 Å². The molecular weight excluding hydrogens is 392 g/mol. The average Bonchev–Trinajstić information content (AvgIpc) is 3.30. The summed E-state index contributed by atoms with van der Waals surface area (Å²) in [6.07, 6.45) is 1.35. The molecule has 1 fully saturated rings. The first-order valence-corrected chi connectivity index (χ1v) is 11.0. The van der Waals surface area contributed by atoms with Gasteiger partial charge in [-0.25, -0.2) is 4.79 Å². The number of amidine groups is 1. The second-order valence-corrected chi connectivity index (χ2v) is 8.46. The van der Waals surface area contributed by atoms with Crippen molar-refractivity contribution in [3.05, 3.63) is 59.7 Å². The number of esters is 1. The molecule has 2 aliphatic heterocycles. The highest BCUT2D eigenvalue weighted by molar-refractivity contribution is 7.90. The number of hydrogen-bond acceptors (Lipinski definition) is 6. The lowest BCUT2D eigenvalue weighted by Gasteiger charge is -2.25. The van der Waals surface area contributed by atoms with Crippen molar-refractivity contribution in [2.24, 2.45) is 4.40 Å². The van der Waals surface area contributed by atoms with Crippen LogP contribution < -0.4 is 4.74 Å². The molecule has 4 rings (SSSR count). The van der Waals surface area contributed by atoms with Crippen LogP contribution in [0.5, 0.6) is 5.75 Å². The summed E-state index contributed by atoms with van der Waals surface area (Å²) in [5, 5.41) is 0. The fourth-order valence-corrected chi connectivity index (χ4v) is 4.94. The number of para-hydroxylation sites is 1. The Morgan fingerprint density at radius 2 is 1.93 bits per heavy atom. The van der Waals surface area contributed by atoms with Crippen LogP contribution in [0.4, 0.5) is 0 Å². The Morgan fingerprint density at radius 1 is 1.17 bits per heavy atom. The molecule has 0 radical (unpaired) electrons. The van der Waals surface area contributed by atoms with E-state index in [2.05, 4.69) is 4.40 Å². The van der Waals surface area contributed by atoms with Crippen LogP contribution in [-0.2, 0) is 26.2 Å². The van der Waals surface area contributed by atoms with Crippen LogP contribution in [0.3, 0.4) is 0 Å². The zero-order valence-electron chi connectivity index (χ0n) is 16.1. The fraction of sp³-hybridized carbons (Fsp3) is 0.333. The lowest BCUT2D eigenvalue weighted by molar-refractivity contribution is -0.149. The number of benzene rings is 2. The average molecular weight is 414 g/mol. The van der Waals surface area contributed by atoms with E-state index < -0.39 is 22.0 Å². The molecule has 0 bridgehead atoms. The summed E-state index contributed by atoms with van der Waals surface area (Å²) in [5.41, 5.74) is 1.33. The smallest absolute Gasteiger partial charge is 0.329 e. The number of hydrogen-bond donors (Lipinski definition) is 0. The van der Waals surface area contributed by atoms with Crippen LogP contribution in [0.2, 0.25) is 0 Å². The minimum atomic E-state index is -3.73. The molecule has 0 spiro atoms. The van der Waals surface area contributed by atoms with Crippen molar-refractivity contribution in [1.29, 1.82) is 0 Å². The van der Waals surface area contributed by atoms with Gasteiger partial charge in [-0.15, -0.1) is 4.40 Å². The predicted molar refractivity (Wildman–Crippen MR) is 107 cm³/mol. The van der Waals surface area contributed by atoms with Crippen LogP contribution >= 0.6 is 0 Å². The molecule has 7 nitrogen and oxygen atoms in total. The summed E-state index contributed by atoms with van der Waals surface area (Å²) < 4.78 is 39.8. The molecule has 8 heteroatoms. The lowest BCUT2D eigenvalue weighted by atomic mass is 10.1. The molecule has 0 saturated carbocycles. The maximum absolute atomic E-state index is 12.8. The van der Waals surface area contributed by atoms with E-state index in [9.17, 15) is 13.2 Å². The largest absolute Gasteiger partial charge is 0.493 e. The summed E-state index contributed by atoms with van der Waals surface area (Å²) in [5.74, 6) is 0.624. The van der Waals surface area contributed by atoms with Gasteiger partial charge >= 0.3 is 5.97 Å². The molecule has 2 aromatic carbocycles. The van der Waals surface area contributed by atoms with E-state index in [1.54, 1.807) is 23.1 Å². The summed E-state index contributed by atoms with van der Waals surface area (Å²) >= 11 is 0. The number of ether oxygens (including phenoxy) is 2. The van der Waals surface area contributed by atoms with Crippen LogP contribution in [0.1, 0.15) is 30.9 Å². The third kappa shape index (κ3) is 3.72. The van der Waals surface area contributed by atoms with Crippen molar-refractivity contribution in [2.75, 3.05) is 13.2 Å². The van der Waals surface area contributed by atoms with E-state index in [0.717, 1.165) is 12.0 Å². The van der Waals surface area contributed by atoms with E-state index in [-0.39, 0.29) is 11.5 Å². The monoisotopic (exact) mass is 414 g/mol. The van der Waals surface area contributed by atoms with Crippen LogP contribution in [0.15, 0.2) is 57.8 Å². The second-order valence-electron chi connectivity index (χ2n) is 6.89. The third-order valence-corrected chi connectivity index (χ3v) is 6.38. The first kappa shape index (κ1) is 19.4. The normalized spacial score (nSPS) is 19.6. The molecule has 2 heterocycles. The minimum absolute atomic E-state index is 0.0979. The Balaban J connectivity index is 1.52. The molecule has 2 aliphatic rings. The van der Waals surface area contributed by atoms with E-state index in [1.165, 1.54) is 6.07 Å². The number of rotatable bonds is 5. The maximum atomic E-state index is 12.8. The molecule has 0 N–H and O–H groups in total. The molecule has 0 aromatic heterocycles. The van der Waals surface area contributed by atoms with Crippen molar-refractivity contribution in [3.8, 4) is 5.75 Å². The number of carbonyl (C=O) groups excluding carboxylic acids is 1. The van der Waals surface area contributed by atoms with Gasteiger partial charge in [-0.1, -0.05) is 30.3 Å². The zero-order valence-corrected chi connectivity index (χ0v) is 16.9. The predicted octanol–water partition coefficient (Wildman–Crippen LogP) is 2.74. The highest BCUT2D eigenvalue weighted by Gasteiger charge is 2.39. The molecule has 1 saturated heterocycles. The molecular formula is C21H22N2O5S. The van der Waals surface area contributed by atoms with Crippen LogP contribution in [0.25, 0.3) is 0 Å². The lowest BCUT2D eigenvalue weighted by Crippen LogP contribution is -2.41. The Hall–Kier alpha value is -2.87. The molecule has 0 unspecified atom stereocenters. The van der Waals surface area contributed by atoms with Crippen molar-refractivity contribution in [1.82, 2.24) is 4.90 Å². The van der Waals surface area contributed by atoms with Gasteiger partial charge in [0.25, 0.3) is 10.0 Å². The van der Waals surface area contributed by atoms with Crippen molar-refractivity contribution >= 4 is 21.8 Å². The summed E-state index contributed by atoms with van der Waals surface area (Å²) in [4.78, 5) is 14.7. The molecule has 152 valence electrons. The van der Waals surface area contributed by atoms with Gasteiger partial charge in [0.2, 0.25) is 0 Å². The quantitative estimate of drug-likeness (QED) is 0.700. The Labute approximate surface area is 170 Å². The molecule has 0 amide bonds. The van der Waals surface area contributed by atoms with Crippen molar-refractivity contribution in [2.45, 2.75) is 37.3 Å². The summed E-state index contributed by atoms with van der Waals surface area (Å²) in [7, 11) is -3.73. The highest BCUT2D eigenvalue weighted by Crippen LogP contribution is 2.31. The van der Waals surface area contributed by atoms with Gasteiger partial charge in [0.05, 0.1) is 6.61 Å². The van der Waals surface area contributed by atoms with Gasteiger partial charge in [0, 0.05) is 17.7 Å². The molecule has 0 aliphatic carbocycles. The Morgan fingerprint density at radius 3 is 2.76 bits per heavy atom. The minimum Gasteiger partial charge on any atom is -0.493 e. The molecule has 1 atom stereocenters. The van der Waals surface area contributed by atoms with E-state index in [0.29, 0.717) is 36.7 Å². The number of carbonyl (C=O) groups is 1. The number of sulfonamides is 1. The third-order valence-electron chi connectivity index (χ3n) is 5.05. The number of nitrogens with zero attached hydrogens (tertiary/aromatic N) is 2. The van der Waals surface area contributed by atoms with E-state index in [4.69, 9.17) is 9.47 Å². The van der Waals surface area contributed by atoms with Gasteiger partial charge in [-0.3, -0.25) is 0 Å². The SMILES string of the molecule is CCOc1ccccc1COC(=O)[C@@H]1CCCN1C1=NS(=O)(=O)c2ccccc21. The van der Waals surface area contributed by atoms with Crippen molar-refractivity contribution in [3.63, 3.8) is 0 Å². The van der Waals surface area contributed by atoms with Gasteiger partial charge in [-0.2, -0.15) is 8.42 Å². The zero-order chi connectivity index (χ0) is 20.4. The topological polar surface area (TPSA) is 85.3 Å². The maximum Gasteiger partial charge on any atom is 0.329 e. The van der Waals surface area contributed by atoms with Gasteiger partial charge in [0.1, 0.15) is 23.3 Å². The number of fused-ring (bicyclic) bond motifs is 1. The molecule has 2 aromatic rings. The Bertz CT molecular complexity index is 1060.